The molecule has 0 saturated carbocycles. The summed E-state index contributed by atoms with van der Waals surface area (Å²) in [6.07, 6.45) is 1.65. The smallest absolute Gasteiger partial charge is 0.267 e. The Labute approximate surface area is 190 Å². The fourth-order valence-corrected chi connectivity index (χ4v) is 5.75. The monoisotopic (exact) mass is 470 g/mol. The number of rotatable bonds is 5. The van der Waals surface area contributed by atoms with Crippen LogP contribution in [0.5, 0.6) is 0 Å². The van der Waals surface area contributed by atoms with E-state index in [0.717, 1.165) is 23.4 Å². The summed E-state index contributed by atoms with van der Waals surface area (Å²) < 4.78 is 26.9. The highest BCUT2D eigenvalue weighted by Gasteiger charge is 2.27. The molecule has 1 fully saturated rings. The first kappa shape index (κ1) is 22.1. The van der Waals surface area contributed by atoms with Gasteiger partial charge in [0.15, 0.2) is 0 Å². The van der Waals surface area contributed by atoms with Crippen molar-refractivity contribution in [2.24, 2.45) is 0 Å². The summed E-state index contributed by atoms with van der Waals surface area (Å²) in [5, 5.41) is 1.95. The minimum Gasteiger partial charge on any atom is -0.267 e. The van der Waals surface area contributed by atoms with Crippen molar-refractivity contribution in [3.05, 3.63) is 70.7 Å². The van der Waals surface area contributed by atoms with Crippen LogP contribution in [-0.2, 0) is 10.0 Å². The number of amides is 2. The minimum atomic E-state index is -3.64. The van der Waals surface area contributed by atoms with E-state index in [2.05, 4.69) is 15.8 Å². The molecule has 2 aromatic heterocycles. The van der Waals surface area contributed by atoms with Crippen LogP contribution in [-0.4, -0.2) is 42.6 Å². The van der Waals surface area contributed by atoms with Crippen molar-refractivity contribution in [2.45, 2.75) is 24.7 Å². The van der Waals surface area contributed by atoms with E-state index >= 15 is 0 Å². The molecule has 4 rings (SSSR count). The number of nitrogens with zero attached hydrogens (tertiary/aromatic N) is 2. The van der Waals surface area contributed by atoms with E-state index in [1.807, 2.05) is 17.5 Å². The van der Waals surface area contributed by atoms with Crippen LogP contribution < -0.4 is 10.9 Å². The molecule has 0 atom stereocenters. The van der Waals surface area contributed by atoms with Crippen LogP contribution >= 0.6 is 11.3 Å². The number of carbonyl (C=O) groups excluding carboxylic acids is 2. The molecule has 3 heterocycles. The van der Waals surface area contributed by atoms with Crippen LogP contribution in [0.4, 0.5) is 0 Å². The molecule has 1 aromatic carbocycles. The predicted octanol–water partition coefficient (Wildman–Crippen LogP) is 2.98. The summed E-state index contributed by atoms with van der Waals surface area (Å²) in [4.78, 5) is 30.6. The molecule has 1 aliphatic rings. The van der Waals surface area contributed by atoms with Crippen molar-refractivity contribution < 1.29 is 18.0 Å². The molecule has 0 unspecified atom stereocenters. The number of thiophene rings is 1. The second-order valence-electron chi connectivity index (χ2n) is 7.35. The maximum absolute atomic E-state index is 12.7. The SMILES string of the molecule is Cc1nc(-c2cccs2)ccc1C(=O)NNC(=O)c1cccc(S(=O)(=O)N2CCCC2)c1. The standard InChI is InChI=1S/C22H22N4O4S2/c1-15-18(9-10-19(23-15)20-8-5-13-31-20)22(28)25-24-21(27)16-6-4-7-17(14-16)32(29,30)26-11-2-3-12-26/h4-10,13-14H,2-3,11-12H2,1H3,(H,24,27)(H,25,28). The normalized spacial score (nSPS) is 14.3. The van der Waals surface area contributed by atoms with Crippen molar-refractivity contribution in [1.29, 1.82) is 0 Å². The molecule has 166 valence electrons. The van der Waals surface area contributed by atoms with E-state index in [9.17, 15) is 18.0 Å². The van der Waals surface area contributed by atoms with E-state index in [0.29, 0.717) is 24.3 Å². The lowest BCUT2D eigenvalue weighted by atomic mass is 10.1. The van der Waals surface area contributed by atoms with Crippen LogP contribution in [0, 0.1) is 6.92 Å². The predicted molar refractivity (Wildman–Crippen MR) is 122 cm³/mol. The molecular weight excluding hydrogens is 448 g/mol. The van der Waals surface area contributed by atoms with E-state index in [1.54, 1.807) is 30.4 Å². The maximum atomic E-state index is 12.7. The number of hydrazine groups is 1. The van der Waals surface area contributed by atoms with Crippen LogP contribution in [0.3, 0.4) is 0 Å². The molecule has 32 heavy (non-hydrogen) atoms. The van der Waals surface area contributed by atoms with E-state index in [4.69, 9.17) is 0 Å². The third kappa shape index (κ3) is 4.57. The Morgan fingerprint density at radius 1 is 1.00 bits per heavy atom. The van der Waals surface area contributed by atoms with Gasteiger partial charge in [-0.2, -0.15) is 4.31 Å². The van der Waals surface area contributed by atoms with Crippen LogP contribution in [0.25, 0.3) is 10.6 Å². The molecule has 10 heteroatoms. The molecule has 3 aromatic rings. The van der Waals surface area contributed by atoms with Crippen molar-refractivity contribution in [3.8, 4) is 10.6 Å². The molecule has 0 spiro atoms. The zero-order valence-electron chi connectivity index (χ0n) is 17.4. The molecule has 1 saturated heterocycles. The fraction of sp³-hybridized carbons (Fsp3) is 0.227. The summed E-state index contributed by atoms with van der Waals surface area (Å²) in [5.41, 5.74) is 6.48. The Bertz CT molecular complexity index is 1250. The lowest BCUT2D eigenvalue weighted by molar-refractivity contribution is 0.0846. The van der Waals surface area contributed by atoms with E-state index < -0.39 is 21.8 Å². The number of carbonyl (C=O) groups is 2. The molecule has 0 radical (unpaired) electrons. The molecule has 0 aliphatic carbocycles. The molecular formula is C22H22N4O4S2. The highest BCUT2D eigenvalue weighted by molar-refractivity contribution is 7.89. The minimum absolute atomic E-state index is 0.0580. The Kier molecular flexibility index (Phi) is 6.35. The van der Waals surface area contributed by atoms with Crippen molar-refractivity contribution in [3.63, 3.8) is 0 Å². The number of hydrogen-bond donors (Lipinski definition) is 2. The first-order valence-electron chi connectivity index (χ1n) is 10.1. The molecule has 8 nitrogen and oxygen atoms in total. The number of aryl methyl sites for hydroxylation is 1. The Balaban J connectivity index is 1.43. The highest BCUT2D eigenvalue weighted by atomic mass is 32.2. The van der Waals surface area contributed by atoms with Gasteiger partial charge in [0, 0.05) is 18.7 Å². The van der Waals surface area contributed by atoms with Gasteiger partial charge >= 0.3 is 0 Å². The first-order valence-corrected chi connectivity index (χ1v) is 12.4. The van der Waals surface area contributed by atoms with E-state index in [1.165, 1.54) is 28.6 Å². The van der Waals surface area contributed by atoms with Gasteiger partial charge < -0.3 is 0 Å². The maximum Gasteiger partial charge on any atom is 0.271 e. The van der Waals surface area contributed by atoms with Crippen LogP contribution in [0.15, 0.2) is 58.8 Å². The van der Waals surface area contributed by atoms with Crippen LogP contribution in [0.1, 0.15) is 39.3 Å². The second-order valence-corrected chi connectivity index (χ2v) is 10.2. The Morgan fingerprint density at radius 3 is 2.44 bits per heavy atom. The van der Waals surface area contributed by atoms with Crippen molar-refractivity contribution in [1.82, 2.24) is 20.1 Å². The Hall–Kier alpha value is -3.08. The number of sulfonamides is 1. The quantitative estimate of drug-likeness (QED) is 0.558. The molecule has 2 amide bonds. The lowest BCUT2D eigenvalue weighted by Gasteiger charge is -2.16. The van der Waals surface area contributed by atoms with Crippen molar-refractivity contribution >= 4 is 33.2 Å². The highest BCUT2D eigenvalue weighted by Crippen LogP contribution is 2.24. The average Bonchev–Trinajstić information content (AvgIpc) is 3.52. The summed E-state index contributed by atoms with van der Waals surface area (Å²) in [5.74, 6) is -1.13. The number of nitrogens with one attached hydrogen (secondary N) is 2. The summed E-state index contributed by atoms with van der Waals surface area (Å²) >= 11 is 1.56. The fourth-order valence-electron chi connectivity index (χ4n) is 3.49. The zero-order chi connectivity index (χ0) is 22.7. The summed E-state index contributed by atoms with van der Waals surface area (Å²) in [7, 11) is -3.64. The van der Waals surface area contributed by atoms with Gasteiger partial charge in [-0.25, -0.2) is 8.42 Å². The largest absolute Gasteiger partial charge is 0.271 e. The van der Waals surface area contributed by atoms with Gasteiger partial charge in [0.25, 0.3) is 11.8 Å². The van der Waals surface area contributed by atoms with E-state index in [-0.39, 0.29) is 10.5 Å². The van der Waals surface area contributed by atoms with Gasteiger partial charge in [-0.15, -0.1) is 11.3 Å². The Morgan fingerprint density at radius 2 is 1.75 bits per heavy atom. The topological polar surface area (TPSA) is 108 Å². The summed E-state index contributed by atoms with van der Waals surface area (Å²) in [6, 6.07) is 13.1. The number of benzene rings is 1. The van der Waals surface area contributed by atoms with Gasteiger partial charge in [-0.3, -0.25) is 25.4 Å². The third-order valence-corrected chi connectivity index (χ3v) is 7.98. The van der Waals surface area contributed by atoms with Gasteiger partial charge in [-0.1, -0.05) is 12.1 Å². The zero-order valence-corrected chi connectivity index (χ0v) is 19.0. The van der Waals surface area contributed by atoms with Crippen LogP contribution in [0.2, 0.25) is 0 Å². The van der Waals surface area contributed by atoms with Gasteiger partial charge in [0.05, 0.1) is 26.7 Å². The molecule has 0 bridgehead atoms. The number of aromatic nitrogens is 1. The third-order valence-electron chi connectivity index (χ3n) is 5.19. The number of hydrogen-bond acceptors (Lipinski definition) is 6. The van der Waals surface area contributed by atoms with Gasteiger partial charge in [0.2, 0.25) is 10.0 Å². The van der Waals surface area contributed by atoms with Gasteiger partial charge in [0.1, 0.15) is 0 Å². The first-order chi connectivity index (χ1) is 15.4. The molecule has 2 N–H and O–H groups in total. The second kappa shape index (κ2) is 9.19. The molecule has 1 aliphatic heterocycles. The van der Waals surface area contributed by atoms with Crippen molar-refractivity contribution in [2.75, 3.05) is 13.1 Å². The summed E-state index contributed by atoms with van der Waals surface area (Å²) in [6.45, 7) is 2.68. The lowest BCUT2D eigenvalue weighted by Crippen LogP contribution is -2.42. The van der Waals surface area contributed by atoms with Gasteiger partial charge in [-0.05, 0) is 61.5 Å². The average molecular weight is 471 g/mol. The number of pyridine rings is 1.